The summed E-state index contributed by atoms with van der Waals surface area (Å²) in [4.78, 5) is 11.3. The van der Waals surface area contributed by atoms with Gasteiger partial charge < -0.3 is 10.5 Å². The first-order valence-corrected chi connectivity index (χ1v) is 6.92. The highest BCUT2D eigenvalue weighted by atomic mass is 16.3. The van der Waals surface area contributed by atoms with Crippen molar-refractivity contribution in [1.82, 2.24) is 4.90 Å². The van der Waals surface area contributed by atoms with Gasteiger partial charge in [0.1, 0.15) is 11.7 Å². The number of allylic oxidation sites excluding steroid dienone is 2. The zero-order valence-electron chi connectivity index (χ0n) is 12.1. The number of nitrogens with zero attached hydrogens (tertiary/aromatic N) is 3. The standard InChI is InChI=1S/C15H20N4O/c1-10-18-13-11(16)5-6-12-15(13,7-4-8-17-12)19(10)9-14(2,3)20/h4,6-8,10,16,20H,5,9H2,1-3H3. The Kier molecular flexibility index (Phi) is 2.81. The molecule has 2 unspecified atom stereocenters. The average Bonchev–Trinajstić information content (AvgIpc) is 2.63. The van der Waals surface area contributed by atoms with Gasteiger partial charge in [-0.3, -0.25) is 14.9 Å². The molecule has 1 spiro atoms. The van der Waals surface area contributed by atoms with Crippen molar-refractivity contribution in [1.29, 1.82) is 5.41 Å². The first-order chi connectivity index (χ1) is 9.34. The van der Waals surface area contributed by atoms with Gasteiger partial charge in [0.25, 0.3) is 0 Å². The molecule has 0 fully saturated rings. The molecule has 0 aromatic rings. The lowest BCUT2D eigenvalue weighted by Crippen LogP contribution is -2.59. The van der Waals surface area contributed by atoms with E-state index in [1.807, 2.05) is 25.2 Å². The van der Waals surface area contributed by atoms with Gasteiger partial charge in [-0.05, 0) is 26.8 Å². The van der Waals surface area contributed by atoms with Crippen molar-refractivity contribution < 1.29 is 5.11 Å². The number of dihydropyridines is 1. The van der Waals surface area contributed by atoms with E-state index in [4.69, 9.17) is 5.41 Å². The monoisotopic (exact) mass is 272 g/mol. The van der Waals surface area contributed by atoms with Crippen molar-refractivity contribution in [2.24, 2.45) is 9.98 Å². The van der Waals surface area contributed by atoms with E-state index in [2.05, 4.69) is 14.9 Å². The molecule has 2 N–H and O–H groups in total. The highest BCUT2D eigenvalue weighted by molar-refractivity contribution is 6.47. The second-order valence-corrected chi connectivity index (χ2v) is 6.23. The summed E-state index contributed by atoms with van der Waals surface area (Å²) in [5.74, 6) is 0. The lowest BCUT2D eigenvalue weighted by molar-refractivity contribution is 0.0149. The van der Waals surface area contributed by atoms with Gasteiger partial charge in [-0.2, -0.15) is 0 Å². The molecule has 0 amide bonds. The average molecular weight is 272 g/mol. The van der Waals surface area contributed by atoms with Gasteiger partial charge in [-0.15, -0.1) is 0 Å². The van der Waals surface area contributed by atoms with E-state index in [-0.39, 0.29) is 6.17 Å². The minimum atomic E-state index is -0.826. The van der Waals surface area contributed by atoms with Gasteiger partial charge in [0.2, 0.25) is 0 Å². The molecule has 20 heavy (non-hydrogen) atoms. The van der Waals surface area contributed by atoms with Gasteiger partial charge in [0, 0.05) is 19.2 Å². The number of aliphatic imine (C=N–C) groups is 2. The summed E-state index contributed by atoms with van der Waals surface area (Å²) < 4.78 is 0. The Morgan fingerprint density at radius 3 is 3.00 bits per heavy atom. The second kappa shape index (κ2) is 4.20. The lowest BCUT2D eigenvalue weighted by Gasteiger charge is -2.43. The van der Waals surface area contributed by atoms with E-state index in [0.717, 1.165) is 11.4 Å². The van der Waals surface area contributed by atoms with Crippen molar-refractivity contribution in [2.45, 2.75) is 44.5 Å². The maximum absolute atomic E-state index is 10.2. The number of nitrogens with one attached hydrogen (secondary N) is 1. The zero-order valence-corrected chi connectivity index (χ0v) is 12.1. The van der Waals surface area contributed by atoms with Crippen LogP contribution in [0.15, 0.2) is 33.9 Å². The van der Waals surface area contributed by atoms with Gasteiger partial charge in [0.15, 0.2) is 0 Å². The molecular weight excluding hydrogens is 252 g/mol. The molecule has 1 aliphatic carbocycles. The van der Waals surface area contributed by atoms with E-state index in [9.17, 15) is 5.11 Å². The largest absolute Gasteiger partial charge is 0.389 e. The van der Waals surface area contributed by atoms with Crippen LogP contribution < -0.4 is 0 Å². The lowest BCUT2D eigenvalue weighted by atomic mass is 9.78. The molecule has 0 aromatic heterocycles. The molecule has 0 saturated heterocycles. The molecule has 0 saturated carbocycles. The molecule has 0 radical (unpaired) electrons. The molecule has 3 rings (SSSR count). The minimum Gasteiger partial charge on any atom is -0.389 e. The van der Waals surface area contributed by atoms with Crippen LogP contribution in [0.1, 0.15) is 27.2 Å². The Morgan fingerprint density at radius 1 is 1.55 bits per heavy atom. The Balaban J connectivity index is 2.12. The van der Waals surface area contributed by atoms with Gasteiger partial charge in [-0.25, -0.2) is 0 Å². The van der Waals surface area contributed by atoms with Crippen LogP contribution in [-0.2, 0) is 0 Å². The van der Waals surface area contributed by atoms with E-state index in [1.165, 1.54) is 0 Å². The van der Waals surface area contributed by atoms with Crippen molar-refractivity contribution in [3.8, 4) is 0 Å². The minimum absolute atomic E-state index is 0.0729. The summed E-state index contributed by atoms with van der Waals surface area (Å²) in [5.41, 5.74) is 0.848. The number of rotatable bonds is 2. The Morgan fingerprint density at radius 2 is 2.30 bits per heavy atom. The van der Waals surface area contributed by atoms with Gasteiger partial charge >= 0.3 is 0 Å². The molecule has 106 valence electrons. The van der Waals surface area contributed by atoms with Crippen molar-refractivity contribution in [2.75, 3.05) is 6.54 Å². The van der Waals surface area contributed by atoms with E-state index >= 15 is 0 Å². The predicted molar refractivity (Wildman–Crippen MR) is 80.7 cm³/mol. The molecule has 5 heteroatoms. The molecule has 3 aliphatic rings. The fourth-order valence-corrected chi connectivity index (χ4v) is 3.20. The number of hydrogen-bond donors (Lipinski definition) is 2. The third-order valence-corrected chi connectivity index (χ3v) is 3.95. The van der Waals surface area contributed by atoms with E-state index in [1.54, 1.807) is 20.1 Å². The maximum atomic E-state index is 10.2. The smallest absolute Gasteiger partial charge is 0.128 e. The molecular formula is C15H20N4O. The van der Waals surface area contributed by atoms with E-state index in [0.29, 0.717) is 18.7 Å². The van der Waals surface area contributed by atoms with Gasteiger partial charge in [-0.1, -0.05) is 12.2 Å². The third-order valence-electron chi connectivity index (χ3n) is 3.95. The summed E-state index contributed by atoms with van der Waals surface area (Å²) in [5, 5.41) is 18.4. The second-order valence-electron chi connectivity index (χ2n) is 6.23. The van der Waals surface area contributed by atoms with Gasteiger partial charge in [0.05, 0.1) is 22.7 Å². The molecule has 2 aliphatic heterocycles. The van der Waals surface area contributed by atoms with Crippen LogP contribution in [0.25, 0.3) is 0 Å². The molecule has 2 heterocycles. The normalized spacial score (nSPS) is 32.8. The highest BCUT2D eigenvalue weighted by Crippen LogP contribution is 2.41. The fraction of sp³-hybridized carbons (Fsp3) is 0.533. The van der Waals surface area contributed by atoms with Crippen LogP contribution >= 0.6 is 0 Å². The van der Waals surface area contributed by atoms with Crippen LogP contribution in [0.4, 0.5) is 0 Å². The van der Waals surface area contributed by atoms with Crippen molar-refractivity contribution in [3.63, 3.8) is 0 Å². The molecule has 2 atom stereocenters. The first kappa shape index (κ1) is 13.4. The van der Waals surface area contributed by atoms with Crippen LogP contribution in [0.5, 0.6) is 0 Å². The van der Waals surface area contributed by atoms with Crippen molar-refractivity contribution in [3.05, 3.63) is 23.9 Å². The Labute approximate surface area is 118 Å². The zero-order chi connectivity index (χ0) is 14.5. The number of hydrogen-bond acceptors (Lipinski definition) is 5. The maximum Gasteiger partial charge on any atom is 0.128 e. The number of aliphatic hydroxyl groups is 1. The summed E-state index contributed by atoms with van der Waals surface area (Å²) >= 11 is 0. The number of β-amino-alcohol motifs (C(OH)–C–C–N with tert-alkyl or cyclic N) is 1. The third kappa shape index (κ3) is 1.81. The Bertz CT molecular complexity index is 579. The predicted octanol–water partition coefficient (Wildman–Crippen LogP) is 1.55. The van der Waals surface area contributed by atoms with Crippen LogP contribution in [0.2, 0.25) is 0 Å². The molecule has 0 bridgehead atoms. The topological polar surface area (TPSA) is 72.0 Å². The quantitative estimate of drug-likeness (QED) is 0.800. The molecule has 5 nitrogen and oxygen atoms in total. The van der Waals surface area contributed by atoms with E-state index < -0.39 is 11.1 Å². The van der Waals surface area contributed by atoms with Crippen LogP contribution in [-0.4, -0.2) is 51.5 Å². The summed E-state index contributed by atoms with van der Waals surface area (Å²) in [6, 6.07) is 0. The summed E-state index contributed by atoms with van der Waals surface area (Å²) in [7, 11) is 0. The summed E-state index contributed by atoms with van der Waals surface area (Å²) in [6.45, 7) is 6.07. The highest BCUT2D eigenvalue weighted by Gasteiger charge is 2.53. The molecule has 0 aromatic carbocycles. The summed E-state index contributed by atoms with van der Waals surface area (Å²) in [6.07, 6.45) is 8.22. The Hall–Kier alpha value is -1.59. The van der Waals surface area contributed by atoms with Crippen LogP contribution in [0, 0.1) is 5.41 Å². The van der Waals surface area contributed by atoms with Crippen molar-refractivity contribution >= 4 is 17.6 Å². The first-order valence-electron chi connectivity index (χ1n) is 6.92. The SMILES string of the molecule is CC1N=C2C(=N)CC=C3N=CC=CC32N1CC(C)(C)O. The van der Waals surface area contributed by atoms with Crippen LogP contribution in [0.3, 0.4) is 0 Å². The fourth-order valence-electron chi connectivity index (χ4n) is 3.20.